The molecule has 0 radical (unpaired) electrons. The summed E-state index contributed by atoms with van der Waals surface area (Å²) >= 11 is 1.67. The number of likely N-dealkylation sites (N-methyl/N-ethyl adjacent to an activating group) is 2. The van der Waals surface area contributed by atoms with E-state index in [1.165, 1.54) is 4.88 Å². The molecule has 3 rings (SSSR count). The van der Waals surface area contributed by atoms with Crippen molar-refractivity contribution < 1.29 is 34.6 Å². The van der Waals surface area contributed by atoms with Gasteiger partial charge < -0.3 is 50.6 Å². The van der Waals surface area contributed by atoms with Gasteiger partial charge in [-0.1, -0.05) is 6.07 Å². The average Bonchev–Trinajstić information content (AvgIpc) is 3.26. The maximum Gasteiger partial charge on any atom is 0.249 e. The lowest BCUT2D eigenvalue weighted by Crippen LogP contribution is -2.77. The Balaban J connectivity index is 1.77. The van der Waals surface area contributed by atoms with E-state index < -0.39 is 54.7 Å². The Morgan fingerprint density at radius 3 is 2.69 bits per heavy atom. The summed E-state index contributed by atoms with van der Waals surface area (Å²) in [5.74, 6) is -2.19. The van der Waals surface area contributed by atoms with Crippen molar-refractivity contribution in [1.82, 2.24) is 16.0 Å². The van der Waals surface area contributed by atoms with Crippen LogP contribution in [0.5, 0.6) is 0 Å². The molecule has 1 aromatic rings. The maximum absolute atomic E-state index is 11.6. The summed E-state index contributed by atoms with van der Waals surface area (Å²) in [5, 5.41) is 54.7. The van der Waals surface area contributed by atoms with Crippen molar-refractivity contribution in [3.8, 4) is 0 Å². The van der Waals surface area contributed by atoms with Gasteiger partial charge in [0.05, 0.1) is 24.9 Å². The van der Waals surface area contributed by atoms with Crippen LogP contribution in [0.2, 0.25) is 0 Å². The number of fused-ring (bicyclic) bond motifs is 1. The summed E-state index contributed by atoms with van der Waals surface area (Å²) in [7, 11) is 3.35. The van der Waals surface area contributed by atoms with E-state index in [2.05, 4.69) is 16.0 Å². The number of aliphatic hydroxyl groups is 4. The Morgan fingerprint density at radius 1 is 1.28 bits per heavy atom. The van der Waals surface area contributed by atoms with Gasteiger partial charge in [0.2, 0.25) is 12.1 Å². The fourth-order valence-corrected chi connectivity index (χ4v) is 5.23. The molecular weight excluding hydrogens is 438 g/mol. The van der Waals surface area contributed by atoms with Gasteiger partial charge in [-0.3, -0.25) is 0 Å². The van der Waals surface area contributed by atoms with E-state index in [1.807, 2.05) is 17.5 Å². The van der Waals surface area contributed by atoms with Gasteiger partial charge >= 0.3 is 0 Å². The fourth-order valence-electron chi connectivity index (χ4n) is 4.53. The van der Waals surface area contributed by atoms with Crippen LogP contribution in [0.1, 0.15) is 18.2 Å². The van der Waals surface area contributed by atoms with Gasteiger partial charge in [0.1, 0.15) is 17.8 Å². The molecule has 0 aliphatic carbocycles. The first-order valence-electron chi connectivity index (χ1n) is 11.1. The molecule has 8 atom stereocenters. The SMILES string of the molecule is CNCC(O)C(NC)C1OC2(O)C(OC(C)CC2(O)CNCCc2cccs2)OC1CO. The largest absolute Gasteiger partial charge is 0.394 e. The molecule has 2 aliphatic heterocycles. The topological polar surface area (TPSA) is 145 Å². The second kappa shape index (κ2) is 11.2. The Labute approximate surface area is 192 Å². The number of nitrogens with one attached hydrogen (secondary N) is 3. The van der Waals surface area contributed by atoms with E-state index in [1.54, 1.807) is 32.4 Å². The smallest absolute Gasteiger partial charge is 0.249 e. The van der Waals surface area contributed by atoms with Crippen LogP contribution in [-0.2, 0) is 20.6 Å². The third-order valence-corrected chi connectivity index (χ3v) is 7.12. The Hall–Kier alpha value is -0.700. The molecule has 0 saturated carbocycles. The summed E-state index contributed by atoms with van der Waals surface area (Å²) in [6.45, 7) is 2.31. The first-order chi connectivity index (χ1) is 15.3. The van der Waals surface area contributed by atoms with Crippen molar-refractivity contribution in [3.63, 3.8) is 0 Å². The predicted octanol–water partition coefficient (Wildman–Crippen LogP) is -1.62. The van der Waals surface area contributed by atoms with Crippen LogP contribution >= 0.6 is 11.3 Å². The molecule has 11 heteroatoms. The van der Waals surface area contributed by atoms with Crippen molar-refractivity contribution in [2.24, 2.45) is 0 Å². The maximum atomic E-state index is 11.6. The van der Waals surface area contributed by atoms with Crippen molar-refractivity contribution in [2.75, 3.05) is 40.3 Å². The highest BCUT2D eigenvalue weighted by Gasteiger charge is 2.66. The van der Waals surface area contributed by atoms with Crippen molar-refractivity contribution in [2.45, 2.75) is 67.9 Å². The first-order valence-corrected chi connectivity index (χ1v) is 11.9. The minimum atomic E-state index is -2.19. The molecule has 2 saturated heterocycles. The molecule has 1 aromatic heterocycles. The fraction of sp³-hybridized carbons (Fsp3) is 0.810. The summed E-state index contributed by atoms with van der Waals surface area (Å²) in [4.78, 5) is 1.22. The number of rotatable bonds is 11. The minimum absolute atomic E-state index is 0.0578. The van der Waals surface area contributed by atoms with E-state index in [0.29, 0.717) is 6.54 Å². The van der Waals surface area contributed by atoms with Gasteiger partial charge in [0.15, 0.2) is 0 Å². The zero-order valence-electron chi connectivity index (χ0n) is 18.9. The molecule has 0 spiro atoms. The zero-order chi connectivity index (χ0) is 23.4. The number of thiophene rings is 1. The van der Waals surface area contributed by atoms with Crippen LogP contribution in [0.15, 0.2) is 17.5 Å². The standard InChI is InChI=1S/C21H37N3O7S/c1-13-9-20(27,12-24-7-6-14-5-4-8-32-14)21(28)19(29-13)30-16(11-25)18(31-21)17(23-3)15(26)10-22-2/h4-5,8,13,15-19,22-28H,6-7,9-12H2,1-3H3. The van der Waals surface area contributed by atoms with E-state index in [4.69, 9.17) is 14.2 Å². The van der Waals surface area contributed by atoms with E-state index in [0.717, 1.165) is 6.42 Å². The average molecular weight is 476 g/mol. The van der Waals surface area contributed by atoms with Crippen LogP contribution in [0, 0.1) is 0 Å². The van der Waals surface area contributed by atoms with Crippen molar-refractivity contribution in [1.29, 1.82) is 0 Å². The van der Waals surface area contributed by atoms with Crippen molar-refractivity contribution >= 4 is 11.3 Å². The highest BCUT2D eigenvalue weighted by atomic mass is 32.1. The second-order valence-electron chi connectivity index (χ2n) is 8.60. The molecule has 32 heavy (non-hydrogen) atoms. The Morgan fingerprint density at radius 2 is 2.06 bits per heavy atom. The predicted molar refractivity (Wildman–Crippen MR) is 119 cm³/mol. The highest BCUT2D eigenvalue weighted by Crippen LogP contribution is 2.44. The summed E-state index contributed by atoms with van der Waals surface area (Å²) in [6, 6.07) is 3.36. The van der Waals surface area contributed by atoms with Gasteiger partial charge in [0, 0.05) is 30.9 Å². The molecule has 10 nitrogen and oxygen atoms in total. The molecule has 184 valence electrons. The first kappa shape index (κ1) is 25.9. The molecule has 0 amide bonds. The van der Waals surface area contributed by atoms with E-state index in [9.17, 15) is 20.4 Å². The summed E-state index contributed by atoms with van der Waals surface area (Å²) in [6.07, 6.45) is -3.48. The summed E-state index contributed by atoms with van der Waals surface area (Å²) < 4.78 is 17.7. The van der Waals surface area contributed by atoms with E-state index in [-0.39, 0.29) is 19.5 Å². The molecule has 7 N–H and O–H groups in total. The Kier molecular flexibility index (Phi) is 9.03. The van der Waals surface area contributed by atoms with Crippen LogP contribution in [-0.4, -0.2) is 109 Å². The van der Waals surface area contributed by atoms with E-state index >= 15 is 0 Å². The van der Waals surface area contributed by atoms with Crippen LogP contribution in [0.25, 0.3) is 0 Å². The van der Waals surface area contributed by atoms with Gasteiger partial charge in [-0.15, -0.1) is 11.3 Å². The number of hydrogen-bond acceptors (Lipinski definition) is 11. The number of aliphatic hydroxyl groups excluding tert-OH is 2. The van der Waals surface area contributed by atoms with Crippen LogP contribution < -0.4 is 16.0 Å². The third kappa shape index (κ3) is 5.34. The molecule has 2 aliphatic rings. The highest BCUT2D eigenvalue weighted by molar-refractivity contribution is 7.09. The van der Waals surface area contributed by atoms with Gasteiger partial charge in [-0.25, -0.2) is 0 Å². The lowest BCUT2D eigenvalue weighted by Gasteiger charge is -2.57. The molecular formula is C21H37N3O7S. The lowest BCUT2D eigenvalue weighted by molar-refractivity contribution is -0.475. The molecule has 8 unspecified atom stereocenters. The normalized spacial score (nSPS) is 37.1. The number of ether oxygens (including phenoxy) is 3. The van der Waals surface area contributed by atoms with Crippen LogP contribution in [0.3, 0.4) is 0 Å². The lowest BCUT2D eigenvalue weighted by atomic mass is 9.82. The Bertz CT molecular complexity index is 699. The van der Waals surface area contributed by atoms with Crippen molar-refractivity contribution in [3.05, 3.63) is 22.4 Å². The number of hydrogen-bond donors (Lipinski definition) is 7. The van der Waals surface area contributed by atoms with Gasteiger partial charge in [-0.05, 0) is 38.9 Å². The second-order valence-corrected chi connectivity index (χ2v) is 9.63. The third-order valence-electron chi connectivity index (χ3n) is 6.19. The molecule has 3 heterocycles. The quantitative estimate of drug-likeness (QED) is 0.187. The van der Waals surface area contributed by atoms with Crippen LogP contribution in [0.4, 0.5) is 0 Å². The minimum Gasteiger partial charge on any atom is -0.394 e. The van der Waals surface area contributed by atoms with Gasteiger partial charge in [0.25, 0.3) is 0 Å². The zero-order valence-corrected chi connectivity index (χ0v) is 19.7. The molecule has 2 fully saturated rings. The molecule has 0 bridgehead atoms. The monoisotopic (exact) mass is 475 g/mol. The summed E-state index contributed by atoms with van der Waals surface area (Å²) in [5.41, 5.74) is -1.71. The molecule has 0 aromatic carbocycles. The van der Waals surface area contributed by atoms with Gasteiger partial charge in [-0.2, -0.15) is 0 Å².